The molecule has 0 atom stereocenters. The van der Waals surface area contributed by atoms with E-state index in [1.807, 2.05) is 0 Å². The predicted molar refractivity (Wildman–Crippen MR) is 45.2 cm³/mol. The van der Waals surface area contributed by atoms with Gasteiger partial charge in [0.05, 0.1) is 7.11 Å². The molecular weight excluding hydrogens is 190 g/mol. The lowest BCUT2D eigenvalue weighted by atomic mass is 10.3. The number of nitrogens with zero attached hydrogens (tertiary/aromatic N) is 3. The minimum atomic E-state index is -0.561. The summed E-state index contributed by atoms with van der Waals surface area (Å²) in [5.41, 5.74) is 0.433. The van der Waals surface area contributed by atoms with E-state index in [0.29, 0.717) is 0 Å². The molecule has 0 N–H and O–H groups in total. The molecule has 0 fully saturated rings. The van der Waals surface area contributed by atoms with Crippen LogP contribution >= 0.6 is 0 Å². The van der Waals surface area contributed by atoms with Crippen molar-refractivity contribution in [1.29, 1.82) is 0 Å². The van der Waals surface area contributed by atoms with Gasteiger partial charge in [0.2, 0.25) is 6.54 Å². The van der Waals surface area contributed by atoms with Gasteiger partial charge in [-0.25, -0.2) is 4.79 Å². The predicted octanol–water partition coefficient (Wildman–Crippen LogP) is -0.0166. The van der Waals surface area contributed by atoms with E-state index < -0.39 is 17.4 Å². The summed E-state index contributed by atoms with van der Waals surface area (Å²) in [5, 5.41) is 14.0. The molecule has 76 valence electrons. The third-order valence-corrected chi connectivity index (χ3v) is 1.62. The van der Waals surface area contributed by atoms with Crippen LogP contribution < -0.4 is 0 Å². The molecule has 0 saturated heterocycles. The maximum Gasteiger partial charge on any atom is 0.356 e. The van der Waals surface area contributed by atoms with Gasteiger partial charge in [0.25, 0.3) is 0 Å². The number of ether oxygens (including phenoxy) is 1. The summed E-state index contributed by atoms with van der Waals surface area (Å²) in [7, 11) is 2.76. The second-order valence-corrected chi connectivity index (χ2v) is 2.63. The van der Waals surface area contributed by atoms with Crippen molar-refractivity contribution in [2.45, 2.75) is 6.54 Å². The summed E-state index contributed by atoms with van der Waals surface area (Å²) in [6.45, 7) is -0.398. The van der Waals surface area contributed by atoms with Gasteiger partial charge in [0.1, 0.15) is 11.4 Å². The molecule has 0 amide bonds. The van der Waals surface area contributed by atoms with E-state index in [4.69, 9.17) is 0 Å². The van der Waals surface area contributed by atoms with Crippen molar-refractivity contribution in [3.63, 3.8) is 0 Å². The van der Waals surface area contributed by atoms with Crippen LogP contribution in [0.5, 0.6) is 0 Å². The Bertz CT molecular complexity index is 371. The van der Waals surface area contributed by atoms with Gasteiger partial charge in [-0.05, 0) is 0 Å². The van der Waals surface area contributed by atoms with E-state index in [2.05, 4.69) is 9.84 Å². The van der Waals surface area contributed by atoms with Crippen molar-refractivity contribution in [3.8, 4) is 0 Å². The second-order valence-electron chi connectivity index (χ2n) is 2.63. The third kappa shape index (κ3) is 2.06. The Labute approximate surface area is 79.4 Å². The topological polar surface area (TPSA) is 87.3 Å². The molecule has 1 aromatic rings. The Morgan fingerprint density at radius 2 is 2.43 bits per heavy atom. The molecule has 1 aromatic heterocycles. The number of carbonyl (C=O) groups excluding carboxylic acids is 1. The normalized spacial score (nSPS) is 9.86. The molecule has 1 heterocycles. The van der Waals surface area contributed by atoms with Crippen LogP contribution in [0.15, 0.2) is 6.07 Å². The SMILES string of the molecule is COC(=O)c1cc(C[N+](=O)[O-])nn1C. The zero-order valence-electron chi connectivity index (χ0n) is 7.76. The number of rotatable bonds is 3. The minimum Gasteiger partial charge on any atom is -0.464 e. The van der Waals surface area contributed by atoms with Gasteiger partial charge in [-0.3, -0.25) is 14.8 Å². The second kappa shape index (κ2) is 3.86. The van der Waals surface area contributed by atoms with Crippen LogP contribution in [0, 0.1) is 10.1 Å². The maximum absolute atomic E-state index is 11.1. The Morgan fingerprint density at radius 1 is 1.79 bits per heavy atom. The zero-order chi connectivity index (χ0) is 10.7. The van der Waals surface area contributed by atoms with Crippen LogP contribution in [0.4, 0.5) is 0 Å². The van der Waals surface area contributed by atoms with E-state index in [1.54, 1.807) is 0 Å². The summed E-state index contributed by atoms with van der Waals surface area (Å²) in [6, 6.07) is 1.34. The van der Waals surface area contributed by atoms with Gasteiger partial charge in [-0.1, -0.05) is 0 Å². The first-order valence-electron chi connectivity index (χ1n) is 3.77. The lowest BCUT2D eigenvalue weighted by Crippen LogP contribution is -2.07. The third-order valence-electron chi connectivity index (χ3n) is 1.62. The highest BCUT2D eigenvalue weighted by Gasteiger charge is 2.15. The molecule has 7 heteroatoms. The molecular formula is C7H9N3O4. The first-order chi connectivity index (χ1) is 6.54. The van der Waals surface area contributed by atoms with Gasteiger partial charge in [0.15, 0.2) is 0 Å². The summed E-state index contributed by atoms with van der Waals surface area (Å²) < 4.78 is 5.72. The van der Waals surface area contributed by atoms with Crippen molar-refractivity contribution in [3.05, 3.63) is 27.6 Å². The highest BCUT2D eigenvalue weighted by Crippen LogP contribution is 2.05. The van der Waals surface area contributed by atoms with Crippen LogP contribution in [0.25, 0.3) is 0 Å². The van der Waals surface area contributed by atoms with Crippen LogP contribution in [0.1, 0.15) is 16.2 Å². The number of hydrogen-bond acceptors (Lipinski definition) is 5. The molecule has 0 radical (unpaired) electrons. The number of esters is 1. The monoisotopic (exact) mass is 199 g/mol. The lowest BCUT2D eigenvalue weighted by molar-refractivity contribution is -0.497. The molecule has 0 saturated carbocycles. The molecule has 0 bridgehead atoms. The molecule has 0 unspecified atom stereocenters. The van der Waals surface area contributed by atoms with Crippen molar-refractivity contribution in [2.24, 2.45) is 7.05 Å². The van der Waals surface area contributed by atoms with Gasteiger partial charge >= 0.3 is 5.97 Å². The first-order valence-corrected chi connectivity index (χ1v) is 3.77. The highest BCUT2D eigenvalue weighted by atomic mass is 16.6. The summed E-state index contributed by atoms with van der Waals surface area (Å²) in [6.07, 6.45) is 0. The lowest BCUT2D eigenvalue weighted by Gasteiger charge is -1.96. The largest absolute Gasteiger partial charge is 0.464 e. The van der Waals surface area contributed by atoms with E-state index >= 15 is 0 Å². The Balaban J connectivity index is 2.93. The Hall–Kier alpha value is -1.92. The molecule has 1 rings (SSSR count). The number of nitro groups is 1. The van der Waals surface area contributed by atoms with Crippen LogP contribution in [-0.2, 0) is 18.3 Å². The number of methoxy groups -OCH3 is 1. The van der Waals surface area contributed by atoms with E-state index in [0.717, 1.165) is 0 Å². The van der Waals surface area contributed by atoms with E-state index in [-0.39, 0.29) is 11.4 Å². The van der Waals surface area contributed by atoms with Gasteiger partial charge < -0.3 is 4.74 Å². The fourth-order valence-corrected chi connectivity index (χ4v) is 1.03. The molecule has 0 aliphatic heterocycles. The average molecular weight is 199 g/mol. The van der Waals surface area contributed by atoms with Crippen LogP contribution in [0.3, 0.4) is 0 Å². The smallest absolute Gasteiger partial charge is 0.356 e. The van der Waals surface area contributed by atoms with Crippen molar-refractivity contribution >= 4 is 5.97 Å². The molecule has 7 nitrogen and oxygen atoms in total. The molecule has 0 aliphatic rings. The maximum atomic E-state index is 11.1. The molecule has 0 aromatic carbocycles. The quantitative estimate of drug-likeness (QED) is 0.388. The standard InChI is InChI=1S/C7H9N3O4/c1-9-6(7(11)14-2)3-5(8-9)4-10(12)13/h3H,4H2,1-2H3. The summed E-state index contributed by atoms with van der Waals surface area (Å²) in [4.78, 5) is 20.7. The van der Waals surface area contributed by atoms with Crippen LogP contribution in [-0.4, -0.2) is 27.8 Å². The molecule has 0 aliphatic carbocycles. The minimum absolute atomic E-state index is 0.198. The van der Waals surface area contributed by atoms with E-state index in [1.165, 1.54) is 24.9 Å². The van der Waals surface area contributed by atoms with Gasteiger partial charge in [-0.15, -0.1) is 0 Å². The zero-order valence-corrected chi connectivity index (χ0v) is 7.76. The number of aryl methyl sites for hydroxylation is 1. The van der Waals surface area contributed by atoms with E-state index in [9.17, 15) is 14.9 Å². The average Bonchev–Trinajstić information content (AvgIpc) is 2.44. The number of aromatic nitrogens is 2. The number of carbonyl (C=O) groups is 1. The molecule has 0 spiro atoms. The van der Waals surface area contributed by atoms with Gasteiger partial charge in [0, 0.05) is 18.0 Å². The summed E-state index contributed by atoms with van der Waals surface area (Å²) in [5.74, 6) is -0.561. The van der Waals surface area contributed by atoms with Crippen LogP contribution in [0.2, 0.25) is 0 Å². The fraction of sp³-hybridized carbons (Fsp3) is 0.429. The number of hydrogen-bond donors (Lipinski definition) is 0. The fourth-order valence-electron chi connectivity index (χ4n) is 1.03. The summed E-state index contributed by atoms with van der Waals surface area (Å²) >= 11 is 0. The Kier molecular flexibility index (Phi) is 2.80. The van der Waals surface area contributed by atoms with Crippen molar-refractivity contribution in [2.75, 3.05) is 7.11 Å². The highest BCUT2D eigenvalue weighted by molar-refractivity contribution is 5.87. The Morgan fingerprint density at radius 3 is 2.93 bits per heavy atom. The van der Waals surface area contributed by atoms with Gasteiger partial charge in [-0.2, -0.15) is 5.10 Å². The van der Waals surface area contributed by atoms with Crippen molar-refractivity contribution in [1.82, 2.24) is 9.78 Å². The van der Waals surface area contributed by atoms with Crippen molar-refractivity contribution < 1.29 is 14.5 Å². The molecule has 14 heavy (non-hydrogen) atoms. The first kappa shape index (κ1) is 10.2.